The van der Waals surface area contributed by atoms with Gasteiger partial charge in [-0.25, -0.2) is 0 Å². The first-order valence-electron chi connectivity index (χ1n) is 5.07. The summed E-state index contributed by atoms with van der Waals surface area (Å²) in [6.07, 6.45) is 6.36. The molecular formula is C11H16O3. The van der Waals surface area contributed by atoms with Gasteiger partial charge in [0.1, 0.15) is 5.78 Å². The zero-order valence-electron chi connectivity index (χ0n) is 8.40. The maximum absolute atomic E-state index is 11.4. The number of rotatable bonds is 4. The summed E-state index contributed by atoms with van der Waals surface area (Å²) in [5.74, 6) is -1.46. The lowest BCUT2D eigenvalue weighted by Crippen LogP contribution is -2.21. The van der Waals surface area contributed by atoms with Gasteiger partial charge in [-0.1, -0.05) is 19.1 Å². The van der Waals surface area contributed by atoms with Crippen molar-refractivity contribution in [1.82, 2.24) is 0 Å². The summed E-state index contributed by atoms with van der Waals surface area (Å²) in [7, 11) is 0. The summed E-state index contributed by atoms with van der Waals surface area (Å²) >= 11 is 0. The molecule has 78 valence electrons. The van der Waals surface area contributed by atoms with Crippen molar-refractivity contribution >= 4 is 11.8 Å². The lowest BCUT2D eigenvalue weighted by molar-refractivity contribution is -0.144. The van der Waals surface area contributed by atoms with Crippen LogP contribution in [0.25, 0.3) is 0 Å². The van der Waals surface area contributed by atoms with Crippen LogP contribution in [0, 0.1) is 11.8 Å². The highest BCUT2D eigenvalue weighted by atomic mass is 16.4. The highest BCUT2D eigenvalue weighted by molar-refractivity contribution is 5.89. The molecule has 1 aliphatic carbocycles. The van der Waals surface area contributed by atoms with Gasteiger partial charge in [-0.3, -0.25) is 9.59 Å². The van der Waals surface area contributed by atoms with Crippen molar-refractivity contribution in [2.45, 2.75) is 32.6 Å². The Kier molecular flexibility index (Phi) is 3.86. The van der Waals surface area contributed by atoms with E-state index < -0.39 is 11.9 Å². The molecule has 0 bridgehead atoms. The van der Waals surface area contributed by atoms with Gasteiger partial charge in [0, 0.05) is 12.3 Å². The molecule has 2 atom stereocenters. The van der Waals surface area contributed by atoms with E-state index in [4.69, 9.17) is 5.11 Å². The number of aliphatic carboxylic acids is 1. The summed E-state index contributed by atoms with van der Waals surface area (Å²) in [4.78, 5) is 22.2. The molecule has 0 radical (unpaired) electrons. The van der Waals surface area contributed by atoms with Gasteiger partial charge in [-0.15, -0.1) is 0 Å². The number of hydrogen-bond acceptors (Lipinski definition) is 2. The number of carbonyl (C=O) groups is 2. The largest absolute Gasteiger partial charge is 0.481 e. The van der Waals surface area contributed by atoms with E-state index in [-0.39, 0.29) is 11.7 Å². The van der Waals surface area contributed by atoms with Gasteiger partial charge in [0.15, 0.2) is 0 Å². The third kappa shape index (κ3) is 2.44. The molecule has 3 heteroatoms. The van der Waals surface area contributed by atoms with Crippen LogP contribution in [0.15, 0.2) is 12.2 Å². The first-order valence-corrected chi connectivity index (χ1v) is 5.07. The number of carboxylic acids is 1. The number of carbonyl (C=O) groups excluding carboxylic acids is 1. The number of Topliss-reactive ketones (excluding diaryl/α,β-unsaturated/α-hetero) is 1. The molecule has 0 amide bonds. The van der Waals surface area contributed by atoms with Crippen LogP contribution in [0.4, 0.5) is 0 Å². The van der Waals surface area contributed by atoms with E-state index in [0.29, 0.717) is 19.3 Å². The Morgan fingerprint density at radius 1 is 1.57 bits per heavy atom. The zero-order valence-corrected chi connectivity index (χ0v) is 8.40. The van der Waals surface area contributed by atoms with E-state index in [9.17, 15) is 9.59 Å². The van der Waals surface area contributed by atoms with E-state index in [2.05, 4.69) is 0 Å². The molecule has 1 fully saturated rings. The Balaban J connectivity index is 2.58. The minimum atomic E-state index is -0.828. The van der Waals surface area contributed by atoms with Crippen molar-refractivity contribution in [3.05, 3.63) is 12.2 Å². The van der Waals surface area contributed by atoms with Crippen LogP contribution < -0.4 is 0 Å². The van der Waals surface area contributed by atoms with Crippen LogP contribution in [0.1, 0.15) is 32.6 Å². The molecule has 1 aliphatic rings. The van der Waals surface area contributed by atoms with Crippen molar-refractivity contribution in [2.24, 2.45) is 11.8 Å². The molecule has 14 heavy (non-hydrogen) atoms. The average Bonchev–Trinajstić information content (AvgIpc) is 2.48. The Morgan fingerprint density at radius 2 is 2.29 bits per heavy atom. The molecule has 0 heterocycles. The maximum Gasteiger partial charge on any atom is 0.307 e. The van der Waals surface area contributed by atoms with Crippen LogP contribution in [-0.4, -0.2) is 16.9 Å². The molecule has 0 spiro atoms. The predicted octanol–water partition coefficient (Wildman–Crippen LogP) is 2.02. The van der Waals surface area contributed by atoms with E-state index in [0.717, 1.165) is 6.42 Å². The Hall–Kier alpha value is -1.12. The SMILES string of the molecule is CC/C=C/C[C@@H]1C(=O)CC[C@H]1C(=O)O. The number of hydrogen-bond donors (Lipinski definition) is 1. The smallest absolute Gasteiger partial charge is 0.307 e. The summed E-state index contributed by atoms with van der Waals surface area (Å²) < 4.78 is 0. The van der Waals surface area contributed by atoms with Gasteiger partial charge < -0.3 is 5.11 Å². The Labute approximate surface area is 83.8 Å². The van der Waals surface area contributed by atoms with E-state index in [1.165, 1.54) is 0 Å². The van der Waals surface area contributed by atoms with E-state index >= 15 is 0 Å². The van der Waals surface area contributed by atoms with Crippen LogP contribution in [-0.2, 0) is 9.59 Å². The molecule has 0 unspecified atom stereocenters. The quantitative estimate of drug-likeness (QED) is 0.700. The zero-order chi connectivity index (χ0) is 10.6. The lowest BCUT2D eigenvalue weighted by Gasteiger charge is -2.11. The summed E-state index contributed by atoms with van der Waals surface area (Å²) in [6.45, 7) is 2.02. The van der Waals surface area contributed by atoms with Crippen molar-refractivity contribution in [3.8, 4) is 0 Å². The lowest BCUT2D eigenvalue weighted by atomic mass is 9.92. The standard InChI is InChI=1S/C11H16O3/c1-2-3-4-5-8-9(11(13)14)6-7-10(8)12/h3-4,8-9H,2,5-7H2,1H3,(H,13,14)/b4-3+/t8-,9+/m0/s1. The van der Waals surface area contributed by atoms with Crippen molar-refractivity contribution in [1.29, 1.82) is 0 Å². The third-order valence-electron chi connectivity index (χ3n) is 2.71. The minimum Gasteiger partial charge on any atom is -0.481 e. The van der Waals surface area contributed by atoms with Gasteiger partial charge in [0.25, 0.3) is 0 Å². The Bertz CT molecular complexity index is 255. The van der Waals surface area contributed by atoms with Crippen LogP contribution >= 0.6 is 0 Å². The maximum atomic E-state index is 11.4. The van der Waals surface area contributed by atoms with Crippen LogP contribution in [0.2, 0.25) is 0 Å². The van der Waals surface area contributed by atoms with Gasteiger partial charge in [-0.2, -0.15) is 0 Å². The van der Waals surface area contributed by atoms with Crippen LogP contribution in [0.5, 0.6) is 0 Å². The van der Waals surface area contributed by atoms with E-state index in [1.807, 2.05) is 19.1 Å². The van der Waals surface area contributed by atoms with E-state index in [1.54, 1.807) is 0 Å². The van der Waals surface area contributed by atoms with Crippen LogP contribution in [0.3, 0.4) is 0 Å². The van der Waals surface area contributed by atoms with Crippen molar-refractivity contribution in [3.63, 3.8) is 0 Å². The van der Waals surface area contributed by atoms with Gasteiger partial charge in [0.2, 0.25) is 0 Å². The molecule has 0 aliphatic heterocycles. The Morgan fingerprint density at radius 3 is 2.86 bits per heavy atom. The molecule has 0 saturated heterocycles. The van der Waals surface area contributed by atoms with Crippen molar-refractivity contribution in [2.75, 3.05) is 0 Å². The second-order valence-corrected chi connectivity index (χ2v) is 3.67. The highest BCUT2D eigenvalue weighted by Crippen LogP contribution is 2.31. The average molecular weight is 196 g/mol. The number of allylic oxidation sites excluding steroid dienone is 2. The minimum absolute atomic E-state index is 0.109. The number of ketones is 1. The summed E-state index contributed by atoms with van der Waals surface area (Å²) in [5.41, 5.74) is 0. The third-order valence-corrected chi connectivity index (χ3v) is 2.71. The highest BCUT2D eigenvalue weighted by Gasteiger charge is 2.38. The fourth-order valence-corrected chi connectivity index (χ4v) is 1.91. The second kappa shape index (κ2) is 4.94. The summed E-state index contributed by atoms with van der Waals surface area (Å²) in [5, 5.41) is 8.88. The predicted molar refractivity (Wildman–Crippen MR) is 52.9 cm³/mol. The first-order chi connectivity index (χ1) is 6.66. The molecule has 1 rings (SSSR count). The first kappa shape index (κ1) is 11.0. The topological polar surface area (TPSA) is 54.4 Å². The molecule has 0 aromatic heterocycles. The van der Waals surface area contributed by atoms with Gasteiger partial charge in [-0.05, 0) is 19.3 Å². The van der Waals surface area contributed by atoms with Gasteiger partial charge in [0.05, 0.1) is 5.92 Å². The normalized spacial score (nSPS) is 27.4. The second-order valence-electron chi connectivity index (χ2n) is 3.67. The number of carboxylic acid groups (broad SMARTS) is 1. The fourth-order valence-electron chi connectivity index (χ4n) is 1.91. The molecule has 3 nitrogen and oxygen atoms in total. The molecule has 1 N–H and O–H groups in total. The monoisotopic (exact) mass is 196 g/mol. The molecule has 0 aromatic carbocycles. The fraction of sp³-hybridized carbons (Fsp3) is 0.636. The molecule has 0 aromatic rings. The molecular weight excluding hydrogens is 180 g/mol. The van der Waals surface area contributed by atoms with Crippen molar-refractivity contribution < 1.29 is 14.7 Å². The summed E-state index contributed by atoms with van der Waals surface area (Å²) in [6, 6.07) is 0. The van der Waals surface area contributed by atoms with Gasteiger partial charge >= 0.3 is 5.97 Å². The molecule has 1 saturated carbocycles.